The summed E-state index contributed by atoms with van der Waals surface area (Å²) in [5.74, 6) is 0.135. The van der Waals surface area contributed by atoms with Gasteiger partial charge in [-0.05, 0) is 31.6 Å². The molecule has 1 fully saturated rings. The predicted molar refractivity (Wildman–Crippen MR) is 72.4 cm³/mol. The van der Waals surface area contributed by atoms with E-state index in [0.29, 0.717) is 19.6 Å². The van der Waals surface area contributed by atoms with Crippen LogP contribution in [0.5, 0.6) is 0 Å². The molecule has 1 heterocycles. The zero-order chi connectivity index (χ0) is 14.3. The molecule has 110 valence electrons. The van der Waals surface area contributed by atoms with E-state index in [1.165, 1.54) is 4.90 Å². The van der Waals surface area contributed by atoms with Gasteiger partial charge >= 0.3 is 6.03 Å². The molecule has 0 aromatic carbocycles. The number of hydrogen-bond donors (Lipinski definition) is 3. The number of hydrogen-bond acceptors (Lipinski definition) is 3. The molecule has 19 heavy (non-hydrogen) atoms. The Hall–Kier alpha value is -1.30. The van der Waals surface area contributed by atoms with Crippen molar-refractivity contribution < 1.29 is 14.7 Å². The Labute approximate surface area is 114 Å². The number of likely N-dealkylation sites (tertiary alicyclic amines) is 1. The molecule has 1 aliphatic rings. The average Bonchev–Trinajstić information content (AvgIpc) is 2.43. The molecule has 1 rings (SSSR count). The third kappa shape index (κ3) is 5.46. The Balaban J connectivity index is 2.23. The van der Waals surface area contributed by atoms with Crippen LogP contribution in [0.15, 0.2) is 0 Å². The second-order valence-electron chi connectivity index (χ2n) is 5.34. The summed E-state index contributed by atoms with van der Waals surface area (Å²) in [6, 6.07) is -0.450. The van der Waals surface area contributed by atoms with Crippen LogP contribution in [0, 0.1) is 11.8 Å². The van der Waals surface area contributed by atoms with Crippen LogP contribution in [-0.4, -0.2) is 48.2 Å². The largest absolute Gasteiger partial charge is 0.396 e. The Morgan fingerprint density at radius 1 is 1.53 bits per heavy atom. The van der Waals surface area contributed by atoms with Crippen LogP contribution in [0.4, 0.5) is 4.79 Å². The van der Waals surface area contributed by atoms with E-state index in [0.717, 1.165) is 25.7 Å². The first-order chi connectivity index (χ1) is 9.04. The lowest BCUT2D eigenvalue weighted by molar-refractivity contribution is -0.126. The molecule has 0 aromatic heterocycles. The number of carbonyl (C=O) groups is 2. The first kappa shape index (κ1) is 15.8. The Morgan fingerprint density at radius 3 is 2.89 bits per heavy atom. The summed E-state index contributed by atoms with van der Waals surface area (Å²) < 4.78 is 0. The number of carbonyl (C=O) groups excluding carboxylic acids is 2. The summed E-state index contributed by atoms with van der Waals surface area (Å²) >= 11 is 0. The lowest BCUT2D eigenvalue weighted by Gasteiger charge is -2.30. The van der Waals surface area contributed by atoms with E-state index in [1.807, 2.05) is 6.92 Å². The fourth-order valence-electron chi connectivity index (χ4n) is 2.29. The van der Waals surface area contributed by atoms with Gasteiger partial charge in [-0.25, -0.2) is 4.79 Å². The zero-order valence-electron chi connectivity index (χ0n) is 11.6. The highest BCUT2D eigenvalue weighted by molar-refractivity contribution is 5.80. The topological polar surface area (TPSA) is 95.7 Å². The highest BCUT2D eigenvalue weighted by atomic mass is 16.3. The summed E-state index contributed by atoms with van der Waals surface area (Å²) in [4.78, 5) is 24.6. The summed E-state index contributed by atoms with van der Waals surface area (Å²) in [5.41, 5.74) is 5.23. The minimum atomic E-state index is -0.450. The van der Waals surface area contributed by atoms with E-state index < -0.39 is 6.03 Å². The van der Waals surface area contributed by atoms with Crippen LogP contribution < -0.4 is 11.1 Å². The Morgan fingerprint density at radius 2 is 2.26 bits per heavy atom. The number of aliphatic hydroxyl groups is 1. The fourth-order valence-corrected chi connectivity index (χ4v) is 2.29. The number of urea groups is 1. The third-order valence-electron chi connectivity index (χ3n) is 3.59. The lowest BCUT2D eigenvalue weighted by Crippen LogP contribution is -2.47. The highest BCUT2D eigenvalue weighted by Gasteiger charge is 2.26. The van der Waals surface area contributed by atoms with Gasteiger partial charge < -0.3 is 21.1 Å². The molecule has 1 saturated heterocycles. The summed E-state index contributed by atoms with van der Waals surface area (Å²) in [6.45, 7) is 3.86. The molecule has 2 unspecified atom stereocenters. The van der Waals surface area contributed by atoms with Gasteiger partial charge in [0.15, 0.2) is 0 Å². The monoisotopic (exact) mass is 271 g/mol. The van der Waals surface area contributed by atoms with E-state index in [-0.39, 0.29) is 24.3 Å². The van der Waals surface area contributed by atoms with Gasteiger partial charge in [0.1, 0.15) is 0 Å². The van der Waals surface area contributed by atoms with Crippen molar-refractivity contribution in [3.63, 3.8) is 0 Å². The molecular formula is C13H25N3O3. The minimum Gasteiger partial charge on any atom is -0.396 e. The van der Waals surface area contributed by atoms with E-state index in [1.54, 1.807) is 0 Å². The van der Waals surface area contributed by atoms with Crippen LogP contribution in [0.3, 0.4) is 0 Å². The SMILES string of the molecule is CC(CO)CCCNC(=O)C1CCCN(C(N)=O)C1. The molecular weight excluding hydrogens is 246 g/mol. The fraction of sp³-hybridized carbons (Fsp3) is 0.846. The molecule has 3 amide bonds. The van der Waals surface area contributed by atoms with Crippen molar-refractivity contribution in [1.29, 1.82) is 0 Å². The van der Waals surface area contributed by atoms with Crippen molar-refractivity contribution in [2.45, 2.75) is 32.6 Å². The van der Waals surface area contributed by atoms with E-state index in [9.17, 15) is 9.59 Å². The third-order valence-corrected chi connectivity index (χ3v) is 3.59. The standard InChI is InChI=1S/C13H25N3O3/c1-10(9-17)4-2-6-15-12(18)11-5-3-7-16(8-11)13(14)19/h10-11,17H,2-9H2,1H3,(H2,14,19)(H,15,18). The van der Waals surface area contributed by atoms with Crippen molar-refractivity contribution in [1.82, 2.24) is 10.2 Å². The number of rotatable bonds is 6. The van der Waals surface area contributed by atoms with Gasteiger partial charge in [0.05, 0.1) is 5.92 Å². The van der Waals surface area contributed by atoms with Gasteiger partial charge in [0.25, 0.3) is 0 Å². The molecule has 0 bridgehead atoms. The van der Waals surface area contributed by atoms with E-state index in [2.05, 4.69) is 5.32 Å². The van der Waals surface area contributed by atoms with Crippen molar-refractivity contribution in [3.05, 3.63) is 0 Å². The second-order valence-corrected chi connectivity index (χ2v) is 5.34. The van der Waals surface area contributed by atoms with Crippen molar-refractivity contribution in [2.75, 3.05) is 26.2 Å². The second kappa shape index (κ2) is 7.99. The van der Waals surface area contributed by atoms with Crippen LogP contribution in [0.2, 0.25) is 0 Å². The van der Waals surface area contributed by atoms with Gasteiger partial charge in [-0.15, -0.1) is 0 Å². The molecule has 0 radical (unpaired) electrons. The van der Waals surface area contributed by atoms with Gasteiger partial charge in [0.2, 0.25) is 5.91 Å². The van der Waals surface area contributed by atoms with E-state index >= 15 is 0 Å². The summed E-state index contributed by atoms with van der Waals surface area (Å²) in [6.07, 6.45) is 3.39. The quantitative estimate of drug-likeness (QED) is 0.606. The molecule has 0 aromatic rings. The Bertz CT molecular complexity index is 310. The number of nitrogens with two attached hydrogens (primary N) is 1. The number of aliphatic hydroxyl groups excluding tert-OH is 1. The number of amides is 3. The first-order valence-electron chi connectivity index (χ1n) is 6.97. The molecule has 1 aliphatic heterocycles. The zero-order valence-corrected chi connectivity index (χ0v) is 11.6. The minimum absolute atomic E-state index is 0.00241. The molecule has 6 nitrogen and oxygen atoms in total. The van der Waals surface area contributed by atoms with Crippen LogP contribution in [0.25, 0.3) is 0 Å². The van der Waals surface area contributed by atoms with Gasteiger partial charge in [-0.2, -0.15) is 0 Å². The Kier molecular flexibility index (Phi) is 6.62. The first-order valence-corrected chi connectivity index (χ1v) is 6.97. The van der Waals surface area contributed by atoms with Gasteiger partial charge in [0, 0.05) is 26.2 Å². The van der Waals surface area contributed by atoms with Gasteiger partial charge in [-0.3, -0.25) is 4.79 Å². The normalized spacial score (nSPS) is 20.9. The van der Waals surface area contributed by atoms with Crippen molar-refractivity contribution in [2.24, 2.45) is 17.6 Å². The maximum atomic E-state index is 11.9. The smallest absolute Gasteiger partial charge is 0.314 e. The summed E-state index contributed by atoms with van der Waals surface area (Å²) in [5, 5.41) is 11.8. The number of nitrogens with one attached hydrogen (secondary N) is 1. The molecule has 0 aliphatic carbocycles. The predicted octanol–water partition coefficient (Wildman–Crippen LogP) is 0.302. The van der Waals surface area contributed by atoms with Gasteiger partial charge in [-0.1, -0.05) is 6.92 Å². The lowest BCUT2D eigenvalue weighted by atomic mass is 9.97. The van der Waals surface area contributed by atoms with Crippen molar-refractivity contribution >= 4 is 11.9 Å². The number of primary amides is 1. The summed E-state index contributed by atoms with van der Waals surface area (Å²) in [7, 11) is 0. The number of nitrogens with zero attached hydrogens (tertiary/aromatic N) is 1. The average molecular weight is 271 g/mol. The van der Waals surface area contributed by atoms with Crippen molar-refractivity contribution in [3.8, 4) is 0 Å². The molecule has 4 N–H and O–H groups in total. The van der Waals surface area contributed by atoms with Crippen LogP contribution >= 0.6 is 0 Å². The maximum absolute atomic E-state index is 11.9. The molecule has 0 saturated carbocycles. The molecule has 6 heteroatoms. The van der Waals surface area contributed by atoms with E-state index in [4.69, 9.17) is 10.8 Å². The highest BCUT2D eigenvalue weighted by Crippen LogP contribution is 2.16. The molecule has 2 atom stereocenters. The molecule has 0 spiro atoms. The number of piperidine rings is 1. The van der Waals surface area contributed by atoms with Crippen LogP contribution in [-0.2, 0) is 4.79 Å². The van der Waals surface area contributed by atoms with Crippen LogP contribution in [0.1, 0.15) is 32.6 Å². The maximum Gasteiger partial charge on any atom is 0.314 e.